The second-order valence-electron chi connectivity index (χ2n) is 5.97. The van der Waals surface area contributed by atoms with Crippen molar-refractivity contribution in [2.24, 2.45) is 5.73 Å². The predicted molar refractivity (Wildman–Crippen MR) is 85.2 cm³/mol. The summed E-state index contributed by atoms with van der Waals surface area (Å²) in [6, 6.07) is 7.19. The number of fused-ring (bicyclic) bond motifs is 1. The van der Waals surface area contributed by atoms with E-state index in [4.69, 9.17) is 10.5 Å². The zero-order valence-corrected chi connectivity index (χ0v) is 13.1. The quantitative estimate of drug-likeness (QED) is 0.619. The molecule has 2 N–H and O–H groups in total. The highest BCUT2D eigenvalue weighted by Gasteiger charge is 2.15. The molecule has 0 saturated carbocycles. The van der Waals surface area contributed by atoms with Gasteiger partial charge in [-0.05, 0) is 62.1 Å². The van der Waals surface area contributed by atoms with Gasteiger partial charge in [0.1, 0.15) is 0 Å². The second-order valence-corrected chi connectivity index (χ2v) is 5.97. The van der Waals surface area contributed by atoms with Gasteiger partial charge in [-0.2, -0.15) is 0 Å². The molecule has 0 aromatic heterocycles. The molecular formula is C18H27NO2. The molecule has 0 aliphatic heterocycles. The molecule has 0 fully saturated rings. The number of aryl methyl sites for hydroxylation is 2. The fraction of sp³-hybridized carbons (Fsp3) is 0.611. The number of hydrogen-bond donors (Lipinski definition) is 1. The van der Waals surface area contributed by atoms with Crippen LogP contribution in [-0.4, -0.2) is 18.6 Å². The minimum atomic E-state index is -0.0692. The highest BCUT2D eigenvalue weighted by molar-refractivity contribution is 5.69. The normalized spacial score (nSPS) is 17.3. The predicted octanol–water partition coefficient (Wildman–Crippen LogP) is 3.17. The number of esters is 1. The molecule has 0 amide bonds. The number of rotatable bonds is 7. The number of nitrogens with two attached hydrogens (primary N) is 1. The maximum Gasteiger partial charge on any atom is 0.305 e. The van der Waals surface area contributed by atoms with Gasteiger partial charge in [0.2, 0.25) is 0 Å². The average Bonchev–Trinajstić information content (AvgIpc) is 2.46. The smallest absolute Gasteiger partial charge is 0.305 e. The Balaban J connectivity index is 1.72. The Morgan fingerprint density at radius 1 is 1.29 bits per heavy atom. The van der Waals surface area contributed by atoms with Crippen LogP contribution in [0.3, 0.4) is 0 Å². The lowest BCUT2D eigenvalue weighted by Crippen LogP contribution is -2.27. The number of hydrogen-bond acceptors (Lipinski definition) is 3. The van der Waals surface area contributed by atoms with E-state index in [0.29, 0.717) is 19.1 Å². The minimum Gasteiger partial charge on any atom is -0.466 e. The number of ether oxygens (including phenoxy) is 1. The Kier molecular flexibility index (Phi) is 6.24. The van der Waals surface area contributed by atoms with Crippen LogP contribution in [0.15, 0.2) is 18.2 Å². The van der Waals surface area contributed by atoms with Crippen molar-refractivity contribution in [3.05, 3.63) is 34.9 Å². The van der Waals surface area contributed by atoms with Crippen LogP contribution in [-0.2, 0) is 28.8 Å². The molecule has 1 aromatic rings. The van der Waals surface area contributed by atoms with E-state index < -0.39 is 0 Å². The molecule has 0 bridgehead atoms. The molecule has 0 heterocycles. The first kappa shape index (κ1) is 16.0. The third kappa shape index (κ3) is 5.16. The maximum atomic E-state index is 11.2. The van der Waals surface area contributed by atoms with E-state index in [1.165, 1.54) is 16.7 Å². The summed E-state index contributed by atoms with van der Waals surface area (Å²) in [6.45, 7) is 2.33. The maximum absolute atomic E-state index is 11.2. The molecular weight excluding hydrogens is 262 g/mol. The van der Waals surface area contributed by atoms with Gasteiger partial charge in [-0.15, -0.1) is 0 Å². The molecule has 116 valence electrons. The highest BCUT2D eigenvalue weighted by Crippen LogP contribution is 2.22. The standard InChI is InChI=1S/C18H27NO2/c1-2-21-18(20)7-5-3-4-6-14-8-9-15-10-11-17(19)13-16(15)12-14/h8-9,12,17H,2-7,10-11,13,19H2,1H3. The molecule has 1 atom stereocenters. The van der Waals surface area contributed by atoms with Crippen molar-refractivity contribution in [1.82, 2.24) is 0 Å². The van der Waals surface area contributed by atoms with E-state index >= 15 is 0 Å². The van der Waals surface area contributed by atoms with Crippen LogP contribution in [0.25, 0.3) is 0 Å². The van der Waals surface area contributed by atoms with Gasteiger partial charge in [0.15, 0.2) is 0 Å². The number of carbonyl (C=O) groups excluding carboxylic acids is 1. The van der Waals surface area contributed by atoms with Crippen LogP contribution in [0.4, 0.5) is 0 Å². The van der Waals surface area contributed by atoms with Crippen LogP contribution in [0, 0.1) is 0 Å². The van der Waals surface area contributed by atoms with E-state index in [2.05, 4.69) is 18.2 Å². The van der Waals surface area contributed by atoms with Crippen LogP contribution in [0.2, 0.25) is 0 Å². The first-order valence-electron chi connectivity index (χ1n) is 8.21. The van der Waals surface area contributed by atoms with Crippen molar-refractivity contribution >= 4 is 5.97 Å². The third-order valence-corrected chi connectivity index (χ3v) is 4.19. The average molecular weight is 289 g/mol. The Morgan fingerprint density at radius 3 is 2.95 bits per heavy atom. The van der Waals surface area contributed by atoms with Crippen LogP contribution in [0.1, 0.15) is 55.7 Å². The molecule has 3 nitrogen and oxygen atoms in total. The van der Waals surface area contributed by atoms with Crippen molar-refractivity contribution in [3.8, 4) is 0 Å². The van der Waals surface area contributed by atoms with Crippen molar-refractivity contribution < 1.29 is 9.53 Å². The van der Waals surface area contributed by atoms with Crippen LogP contribution in [0.5, 0.6) is 0 Å². The number of benzene rings is 1. The van der Waals surface area contributed by atoms with Crippen molar-refractivity contribution in [3.63, 3.8) is 0 Å². The molecule has 1 aliphatic carbocycles. The van der Waals surface area contributed by atoms with E-state index in [0.717, 1.165) is 44.9 Å². The van der Waals surface area contributed by atoms with Crippen molar-refractivity contribution in [1.29, 1.82) is 0 Å². The summed E-state index contributed by atoms with van der Waals surface area (Å²) in [5.41, 5.74) is 10.4. The van der Waals surface area contributed by atoms with Gasteiger partial charge in [-0.25, -0.2) is 0 Å². The van der Waals surface area contributed by atoms with E-state index in [-0.39, 0.29) is 5.97 Å². The summed E-state index contributed by atoms with van der Waals surface area (Å²) in [5, 5.41) is 0. The SMILES string of the molecule is CCOC(=O)CCCCCc1ccc2c(c1)CC(N)CC2. The lowest BCUT2D eigenvalue weighted by Gasteiger charge is -2.22. The zero-order chi connectivity index (χ0) is 15.1. The lowest BCUT2D eigenvalue weighted by molar-refractivity contribution is -0.143. The molecule has 1 unspecified atom stereocenters. The van der Waals surface area contributed by atoms with Crippen LogP contribution >= 0.6 is 0 Å². The molecule has 1 aromatic carbocycles. The van der Waals surface area contributed by atoms with E-state index in [1.807, 2.05) is 6.92 Å². The molecule has 21 heavy (non-hydrogen) atoms. The first-order chi connectivity index (χ1) is 10.2. The summed E-state index contributed by atoms with van der Waals surface area (Å²) < 4.78 is 4.93. The Labute approximate surface area is 127 Å². The minimum absolute atomic E-state index is 0.0692. The lowest BCUT2D eigenvalue weighted by atomic mass is 9.87. The Morgan fingerprint density at radius 2 is 2.14 bits per heavy atom. The van der Waals surface area contributed by atoms with E-state index in [9.17, 15) is 4.79 Å². The third-order valence-electron chi connectivity index (χ3n) is 4.19. The first-order valence-corrected chi connectivity index (χ1v) is 8.21. The molecule has 2 rings (SSSR count). The van der Waals surface area contributed by atoms with Crippen molar-refractivity contribution in [2.45, 2.75) is 64.3 Å². The molecule has 1 aliphatic rings. The van der Waals surface area contributed by atoms with Crippen LogP contribution < -0.4 is 5.73 Å². The molecule has 0 spiro atoms. The number of unbranched alkanes of at least 4 members (excludes halogenated alkanes) is 2. The van der Waals surface area contributed by atoms with Gasteiger partial charge in [0.05, 0.1) is 6.61 Å². The van der Waals surface area contributed by atoms with Gasteiger partial charge in [0.25, 0.3) is 0 Å². The molecule has 3 heteroatoms. The monoisotopic (exact) mass is 289 g/mol. The number of carbonyl (C=O) groups is 1. The van der Waals surface area contributed by atoms with Crippen molar-refractivity contribution in [2.75, 3.05) is 6.61 Å². The van der Waals surface area contributed by atoms with Gasteiger partial charge >= 0.3 is 5.97 Å². The summed E-state index contributed by atoms with van der Waals surface area (Å²) >= 11 is 0. The van der Waals surface area contributed by atoms with E-state index in [1.54, 1.807) is 0 Å². The second kappa shape index (κ2) is 8.18. The molecule has 0 saturated heterocycles. The molecule has 0 radical (unpaired) electrons. The van der Waals surface area contributed by atoms with Gasteiger partial charge in [0, 0.05) is 12.5 Å². The summed E-state index contributed by atoms with van der Waals surface area (Å²) in [5.74, 6) is -0.0692. The topological polar surface area (TPSA) is 52.3 Å². The largest absolute Gasteiger partial charge is 0.466 e. The Bertz CT molecular complexity index is 470. The fourth-order valence-corrected chi connectivity index (χ4v) is 3.00. The summed E-state index contributed by atoms with van der Waals surface area (Å²) in [4.78, 5) is 11.2. The summed E-state index contributed by atoms with van der Waals surface area (Å²) in [6.07, 6.45) is 8.02. The van der Waals surface area contributed by atoms with Gasteiger partial charge < -0.3 is 10.5 Å². The fourth-order valence-electron chi connectivity index (χ4n) is 3.00. The Hall–Kier alpha value is -1.35. The summed E-state index contributed by atoms with van der Waals surface area (Å²) in [7, 11) is 0. The zero-order valence-electron chi connectivity index (χ0n) is 13.1. The highest BCUT2D eigenvalue weighted by atomic mass is 16.5. The van der Waals surface area contributed by atoms with Gasteiger partial charge in [-0.1, -0.05) is 24.6 Å². The van der Waals surface area contributed by atoms with Gasteiger partial charge in [-0.3, -0.25) is 4.79 Å².